The maximum Gasteiger partial charge on any atom is 0.317 e. The van der Waals surface area contributed by atoms with Crippen molar-refractivity contribution in [3.8, 4) is 0 Å². The van der Waals surface area contributed by atoms with Gasteiger partial charge in [0.1, 0.15) is 11.6 Å². The molecular formula is C21H23F2N3O2. The number of urea groups is 1. The Morgan fingerprint density at radius 2 is 2.07 bits per heavy atom. The number of amides is 2. The SMILES string of the molecule is CCNC(=O)N(Cc1ccc(F)cc1F)CC1CC(c2ccccc2C)=NO1. The summed E-state index contributed by atoms with van der Waals surface area (Å²) < 4.78 is 27.2. The molecule has 2 aromatic carbocycles. The van der Waals surface area contributed by atoms with Crippen LogP contribution >= 0.6 is 0 Å². The second kappa shape index (κ2) is 8.82. The quantitative estimate of drug-likeness (QED) is 0.815. The normalized spacial score (nSPS) is 15.7. The lowest BCUT2D eigenvalue weighted by molar-refractivity contribution is 0.0588. The maximum absolute atomic E-state index is 14.0. The van der Waals surface area contributed by atoms with Crippen molar-refractivity contribution in [3.05, 3.63) is 70.8 Å². The van der Waals surface area contributed by atoms with E-state index in [1.165, 1.54) is 17.0 Å². The van der Waals surface area contributed by atoms with Crippen LogP contribution in [0, 0.1) is 18.6 Å². The highest BCUT2D eigenvalue weighted by molar-refractivity contribution is 6.02. The van der Waals surface area contributed by atoms with Gasteiger partial charge in [0.05, 0.1) is 18.8 Å². The Balaban J connectivity index is 1.70. The molecule has 0 bridgehead atoms. The van der Waals surface area contributed by atoms with Gasteiger partial charge in [-0.25, -0.2) is 13.6 Å². The summed E-state index contributed by atoms with van der Waals surface area (Å²) in [7, 11) is 0. The molecule has 2 amide bonds. The fourth-order valence-electron chi connectivity index (χ4n) is 3.17. The Morgan fingerprint density at radius 3 is 2.79 bits per heavy atom. The Labute approximate surface area is 163 Å². The molecule has 0 saturated carbocycles. The molecule has 2 aromatic rings. The molecule has 3 rings (SSSR count). The van der Waals surface area contributed by atoms with Gasteiger partial charge in [0.25, 0.3) is 0 Å². The lowest BCUT2D eigenvalue weighted by Crippen LogP contribution is -2.43. The Morgan fingerprint density at radius 1 is 1.29 bits per heavy atom. The van der Waals surface area contributed by atoms with Gasteiger partial charge < -0.3 is 15.1 Å². The van der Waals surface area contributed by atoms with E-state index in [0.29, 0.717) is 13.0 Å². The number of rotatable bonds is 6. The smallest absolute Gasteiger partial charge is 0.317 e. The van der Waals surface area contributed by atoms with Crippen LogP contribution in [0.5, 0.6) is 0 Å². The van der Waals surface area contributed by atoms with Crippen molar-refractivity contribution in [2.45, 2.75) is 32.9 Å². The molecule has 1 unspecified atom stereocenters. The lowest BCUT2D eigenvalue weighted by Gasteiger charge is -2.25. The zero-order chi connectivity index (χ0) is 20.1. The van der Waals surface area contributed by atoms with Crippen LogP contribution < -0.4 is 5.32 Å². The number of nitrogens with one attached hydrogen (secondary N) is 1. The zero-order valence-electron chi connectivity index (χ0n) is 15.9. The molecule has 0 aliphatic carbocycles. The molecule has 0 radical (unpaired) electrons. The largest absolute Gasteiger partial charge is 0.390 e. The van der Waals surface area contributed by atoms with Gasteiger partial charge in [-0.1, -0.05) is 35.5 Å². The average molecular weight is 387 g/mol. The van der Waals surface area contributed by atoms with Gasteiger partial charge in [-0.2, -0.15) is 0 Å². The number of nitrogens with zero attached hydrogens (tertiary/aromatic N) is 2. The predicted molar refractivity (Wildman–Crippen MR) is 103 cm³/mol. The van der Waals surface area contributed by atoms with Crippen molar-refractivity contribution in [2.75, 3.05) is 13.1 Å². The molecule has 1 aliphatic rings. The molecule has 0 fully saturated rings. The molecule has 148 valence electrons. The summed E-state index contributed by atoms with van der Waals surface area (Å²) in [5.74, 6) is -1.33. The van der Waals surface area contributed by atoms with E-state index in [9.17, 15) is 13.6 Å². The topological polar surface area (TPSA) is 53.9 Å². The van der Waals surface area contributed by atoms with Gasteiger partial charge in [-0.15, -0.1) is 0 Å². The second-order valence-corrected chi connectivity index (χ2v) is 6.74. The molecular weight excluding hydrogens is 364 g/mol. The van der Waals surface area contributed by atoms with Crippen molar-refractivity contribution < 1.29 is 18.4 Å². The van der Waals surface area contributed by atoms with Crippen molar-refractivity contribution in [1.82, 2.24) is 10.2 Å². The van der Waals surface area contributed by atoms with Crippen molar-refractivity contribution in [3.63, 3.8) is 0 Å². The van der Waals surface area contributed by atoms with Crippen LogP contribution in [0.3, 0.4) is 0 Å². The van der Waals surface area contributed by atoms with Gasteiger partial charge in [0.2, 0.25) is 0 Å². The van der Waals surface area contributed by atoms with Crippen LogP contribution in [0.4, 0.5) is 13.6 Å². The minimum atomic E-state index is -0.682. The summed E-state index contributed by atoms with van der Waals surface area (Å²) in [6.45, 7) is 4.50. The van der Waals surface area contributed by atoms with Gasteiger partial charge in [0, 0.05) is 30.2 Å². The van der Waals surface area contributed by atoms with Gasteiger partial charge >= 0.3 is 6.03 Å². The van der Waals surface area contributed by atoms with E-state index in [4.69, 9.17) is 4.84 Å². The summed E-state index contributed by atoms with van der Waals surface area (Å²) in [5.41, 5.74) is 3.18. The molecule has 1 N–H and O–H groups in total. The van der Waals surface area contributed by atoms with Crippen molar-refractivity contribution in [1.29, 1.82) is 0 Å². The zero-order valence-corrected chi connectivity index (χ0v) is 15.9. The first-order chi connectivity index (χ1) is 13.5. The number of hydrogen-bond acceptors (Lipinski definition) is 3. The molecule has 5 nitrogen and oxygen atoms in total. The summed E-state index contributed by atoms with van der Waals surface area (Å²) in [6, 6.07) is 10.9. The van der Waals surface area contributed by atoms with Gasteiger partial charge in [0.15, 0.2) is 6.10 Å². The monoisotopic (exact) mass is 387 g/mol. The van der Waals surface area contributed by atoms with Crippen LogP contribution in [0.15, 0.2) is 47.6 Å². The fraction of sp³-hybridized carbons (Fsp3) is 0.333. The van der Waals surface area contributed by atoms with Crippen LogP contribution in [0.1, 0.15) is 30.0 Å². The molecule has 1 atom stereocenters. The molecule has 0 aromatic heterocycles. The average Bonchev–Trinajstić information content (AvgIpc) is 3.12. The molecule has 7 heteroatoms. The van der Waals surface area contributed by atoms with Crippen LogP contribution in [0.2, 0.25) is 0 Å². The third-order valence-electron chi connectivity index (χ3n) is 4.60. The molecule has 1 heterocycles. The van der Waals surface area contributed by atoms with Crippen molar-refractivity contribution in [2.24, 2.45) is 5.16 Å². The Kier molecular flexibility index (Phi) is 6.23. The first-order valence-electron chi connectivity index (χ1n) is 9.23. The number of carbonyl (C=O) groups excluding carboxylic acids is 1. The van der Waals surface area contributed by atoms with E-state index >= 15 is 0 Å². The summed E-state index contributed by atoms with van der Waals surface area (Å²) in [6.07, 6.45) is 0.216. The first-order valence-corrected chi connectivity index (χ1v) is 9.23. The number of carbonyl (C=O) groups is 1. The number of aryl methyl sites for hydroxylation is 1. The number of oxime groups is 1. The highest BCUT2D eigenvalue weighted by Crippen LogP contribution is 2.21. The number of hydrogen-bond donors (Lipinski definition) is 1. The molecule has 0 spiro atoms. The lowest BCUT2D eigenvalue weighted by atomic mass is 10.0. The van der Waals surface area contributed by atoms with E-state index < -0.39 is 11.6 Å². The van der Waals surface area contributed by atoms with Gasteiger partial charge in [-0.05, 0) is 25.5 Å². The minimum Gasteiger partial charge on any atom is -0.390 e. The van der Waals surface area contributed by atoms with Crippen molar-refractivity contribution >= 4 is 11.7 Å². The van der Waals surface area contributed by atoms with E-state index in [-0.39, 0.29) is 30.8 Å². The molecule has 1 aliphatic heterocycles. The summed E-state index contributed by atoms with van der Waals surface area (Å²) in [5, 5.41) is 6.90. The Bertz CT molecular complexity index is 886. The van der Waals surface area contributed by atoms with Gasteiger partial charge in [-0.3, -0.25) is 0 Å². The highest BCUT2D eigenvalue weighted by Gasteiger charge is 2.27. The van der Waals surface area contributed by atoms with E-state index in [0.717, 1.165) is 22.9 Å². The second-order valence-electron chi connectivity index (χ2n) is 6.74. The highest BCUT2D eigenvalue weighted by atomic mass is 19.1. The predicted octanol–water partition coefficient (Wildman–Crippen LogP) is 4.00. The third kappa shape index (κ3) is 4.65. The van der Waals surface area contributed by atoms with E-state index in [1.807, 2.05) is 31.2 Å². The molecule has 28 heavy (non-hydrogen) atoms. The minimum absolute atomic E-state index is 0.0114. The maximum atomic E-state index is 14.0. The van der Waals surface area contributed by atoms with E-state index in [1.54, 1.807) is 6.92 Å². The Hall–Kier alpha value is -2.96. The number of benzene rings is 2. The van der Waals surface area contributed by atoms with E-state index in [2.05, 4.69) is 10.5 Å². The summed E-state index contributed by atoms with van der Waals surface area (Å²) in [4.78, 5) is 19.4. The van der Waals surface area contributed by atoms with Crippen LogP contribution in [0.25, 0.3) is 0 Å². The summed E-state index contributed by atoms with van der Waals surface area (Å²) >= 11 is 0. The first kappa shape index (κ1) is 19.8. The number of halogens is 2. The van der Waals surface area contributed by atoms with Crippen LogP contribution in [-0.2, 0) is 11.4 Å². The fourth-order valence-corrected chi connectivity index (χ4v) is 3.17. The molecule has 0 saturated heterocycles. The van der Waals surface area contributed by atoms with Crippen LogP contribution in [-0.4, -0.2) is 35.8 Å². The standard InChI is InChI=1S/C21H23F2N3O2/c1-3-24-21(27)26(12-15-8-9-16(22)10-19(15)23)13-17-11-20(25-28-17)18-7-5-4-6-14(18)2/h4-10,17H,3,11-13H2,1-2H3,(H,24,27). The third-order valence-corrected chi connectivity index (χ3v) is 4.60.